The van der Waals surface area contributed by atoms with Crippen molar-refractivity contribution in [2.75, 3.05) is 31.1 Å². The van der Waals surface area contributed by atoms with Crippen LogP contribution in [0.5, 0.6) is 0 Å². The van der Waals surface area contributed by atoms with E-state index in [0.29, 0.717) is 53.4 Å². The summed E-state index contributed by atoms with van der Waals surface area (Å²) in [5.41, 5.74) is 1.52. The molecule has 0 unspecified atom stereocenters. The molecule has 1 amide bonds. The van der Waals surface area contributed by atoms with Crippen LogP contribution in [0.4, 0.5) is 18.9 Å². The monoisotopic (exact) mass is 545 g/mol. The van der Waals surface area contributed by atoms with Gasteiger partial charge in [0.15, 0.2) is 0 Å². The van der Waals surface area contributed by atoms with Crippen molar-refractivity contribution >= 4 is 57.9 Å². The van der Waals surface area contributed by atoms with Gasteiger partial charge in [0, 0.05) is 53.0 Å². The number of hydrogen-bond donors (Lipinski definition) is 0. The highest BCUT2D eigenvalue weighted by molar-refractivity contribution is 8.00. The Labute approximate surface area is 213 Å². The van der Waals surface area contributed by atoms with E-state index in [-0.39, 0.29) is 12.3 Å². The van der Waals surface area contributed by atoms with Crippen molar-refractivity contribution in [1.29, 1.82) is 0 Å². The van der Waals surface area contributed by atoms with Gasteiger partial charge in [-0.3, -0.25) is 4.79 Å². The summed E-state index contributed by atoms with van der Waals surface area (Å²) in [5, 5.41) is 3.07. The topological polar surface area (TPSA) is 36.4 Å². The lowest BCUT2D eigenvalue weighted by molar-refractivity contribution is -0.137. The highest BCUT2D eigenvalue weighted by Crippen LogP contribution is 2.32. The lowest BCUT2D eigenvalue weighted by Gasteiger charge is -2.36. The summed E-state index contributed by atoms with van der Waals surface area (Å²) in [6.07, 6.45) is -4.18. The smallest absolute Gasteiger partial charge is 0.368 e. The number of amides is 1. The van der Waals surface area contributed by atoms with E-state index < -0.39 is 11.7 Å². The molecule has 4 rings (SSSR count). The summed E-state index contributed by atoms with van der Waals surface area (Å²) < 4.78 is 39.8. The molecular weight excluding hydrogens is 526 g/mol. The number of benzene rings is 2. The molecule has 34 heavy (non-hydrogen) atoms. The molecule has 3 aromatic rings. The summed E-state index contributed by atoms with van der Waals surface area (Å²) >= 11 is 15.2. The number of thiazole rings is 1. The second kappa shape index (κ2) is 10.8. The summed E-state index contributed by atoms with van der Waals surface area (Å²) in [6.45, 7) is 1.87. The summed E-state index contributed by atoms with van der Waals surface area (Å²) in [5.74, 6) is 0.611. The molecule has 0 spiro atoms. The molecule has 1 aliphatic rings. The number of nitrogens with zero attached hydrogens (tertiary/aromatic N) is 3. The van der Waals surface area contributed by atoms with Gasteiger partial charge in [0.2, 0.25) is 5.91 Å². The Bertz CT molecular complexity index is 1160. The number of thioether (sulfide) groups is 1. The maximum absolute atomic E-state index is 13.0. The third-order valence-corrected chi connectivity index (χ3v) is 8.11. The van der Waals surface area contributed by atoms with Crippen LogP contribution in [0, 0.1) is 0 Å². The first-order valence-electron chi connectivity index (χ1n) is 10.4. The normalized spacial score (nSPS) is 14.5. The fourth-order valence-corrected chi connectivity index (χ4v) is 5.98. The Kier molecular flexibility index (Phi) is 7.97. The van der Waals surface area contributed by atoms with Crippen LogP contribution in [0.1, 0.15) is 16.8 Å². The van der Waals surface area contributed by atoms with Gasteiger partial charge in [0.05, 0.1) is 17.7 Å². The third-order valence-electron chi connectivity index (χ3n) is 5.40. The van der Waals surface area contributed by atoms with E-state index in [0.717, 1.165) is 22.0 Å². The number of piperazine rings is 1. The Balaban J connectivity index is 1.28. The van der Waals surface area contributed by atoms with Crippen LogP contribution < -0.4 is 4.90 Å². The van der Waals surface area contributed by atoms with E-state index in [1.54, 1.807) is 34.9 Å². The molecule has 1 saturated heterocycles. The predicted molar refractivity (Wildman–Crippen MR) is 132 cm³/mol. The number of hydrogen-bond acceptors (Lipinski definition) is 5. The molecule has 0 saturated carbocycles. The first-order valence-corrected chi connectivity index (χ1v) is 13.0. The predicted octanol–water partition coefficient (Wildman–Crippen LogP) is 6.65. The molecule has 1 aliphatic heterocycles. The summed E-state index contributed by atoms with van der Waals surface area (Å²) in [6, 6.07) is 10.7. The second-order valence-electron chi connectivity index (χ2n) is 7.72. The van der Waals surface area contributed by atoms with Crippen LogP contribution in [-0.4, -0.2) is 42.0 Å². The largest absolute Gasteiger partial charge is 0.416 e. The van der Waals surface area contributed by atoms with Crippen molar-refractivity contribution in [1.82, 2.24) is 9.88 Å². The van der Waals surface area contributed by atoms with E-state index in [1.165, 1.54) is 17.4 Å². The van der Waals surface area contributed by atoms with Crippen molar-refractivity contribution in [3.05, 3.63) is 74.7 Å². The molecule has 2 heterocycles. The first kappa shape index (κ1) is 25.2. The third kappa shape index (κ3) is 6.38. The molecular formula is C23H20Cl2F3N3OS2. The molecule has 0 N–H and O–H groups in total. The number of carbonyl (C=O) groups excluding carboxylic acids is 1. The number of carbonyl (C=O) groups is 1. The average molecular weight is 546 g/mol. The minimum atomic E-state index is -4.38. The fourth-order valence-electron chi connectivity index (χ4n) is 3.57. The highest BCUT2D eigenvalue weighted by atomic mass is 35.5. The maximum Gasteiger partial charge on any atom is 0.416 e. The molecule has 11 heteroatoms. The number of aromatic nitrogens is 1. The Hall–Kier alpha value is -1.94. The Morgan fingerprint density at radius 3 is 2.56 bits per heavy atom. The highest BCUT2D eigenvalue weighted by Gasteiger charge is 2.31. The van der Waals surface area contributed by atoms with E-state index in [4.69, 9.17) is 23.2 Å². The van der Waals surface area contributed by atoms with Crippen LogP contribution in [0.25, 0.3) is 0 Å². The first-order chi connectivity index (χ1) is 16.2. The van der Waals surface area contributed by atoms with E-state index in [1.807, 2.05) is 16.3 Å². The minimum absolute atomic E-state index is 0.0358. The molecule has 1 fully saturated rings. The standard InChI is InChI=1S/C23H20Cl2F3N3OS2/c24-17-5-4-15(20(25)11-17)13-33-22-29-18(14-34-22)12-21(32)31-8-6-30(7-9-31)19-3-1-2-16(10-19)23(26,27)28/h1-5,10-11,14H,6-9,12-13H2. The van der Waals surface area contributed by atoms with E-state index >= 15 is 0 Å². The second-order valence-corrected chi connectivity index (χ2v) is 10.6. The van der Waals surface area contributed by atoms with Gasteiger partial charge < -0.3 is 9.80 Å². The van der Waals surface area contributed by atoms with Crippen molar-refractivity contribution in [2.45, 2.75) is 22.7 Å². The van der Waals surface area contributed by atoms with Crippen molar-refractivity contribution in [2.24, 2.45) is 0 Å². The lowest BCUT2D eigenvalue weighted by Crippen LogP contribution is -2.49. The van der Waals surface area contributed by atoms with Gasteiger partial charge in [-0.15, -0.1) is 11.3 Å². The van der Waals surface area contributed by atoms with Gasteiger partial charge in [-0.25, -0.2) is 4.98 Å². The molecule has 0 aliphatic carbocycles. The van der Waals surface area contributed by atoms with Gasteiger partial charge in [-0.05, 0) is 35.9 Å². The molecule has 2 aromatic carbocycles. The maximum atomic E-state index is 13.0. The van der Waals surface area contributed by atoms with Crippen LogP contribution in [-0.2, 0) is 23.1 Å². The number of anilines is 1. The zero-order chi connectivity index (χ0) is 24.3. The molecule has 4 nitrogen and oxygen atoms in total. The molecule has 1 aromatic heterocycles. The molecule has 0 bridgehead atoms. The van der Waals surface area contributed by atoms with Gasteiger partial charge in [0.1, 0.15) is 4.34 Å². The van der Waals surface area contributed by atoms with E-state index in [2.05, 4.69) is 4.98 Å². The van der Waals surface area contributed by atoms with Crippen LogP contribution in [0.3, 0.4) is 0 Å². The summed E-state index contributed by atoms with van der Waals surface area (Å²) in [4.78, 5) is 20.9. The van der Waals surface area contributed by atoms with Crippen molar-refractivity contribution < 1.29 is 18.0 Å². The summed E-state index contributed by atoms with van der Waals surface area (Å²) in [7, 11) is 0. The van der Waals surface area contributed by atoms with Crippen LogP contribution >= 0.6 is 46.3 Å². The number of alkyl halides is 3. The Morgan fingerprint density at radius 1 is 1.09 bits per heavy atom. The number of rotatable bonds is 6. The zero-order valence-corrected chi connectivity index (χ0v) is 21.0. The number of halogens is 5. The molecule has 0 radical (unpaired) electrons. The van der Waals surface area contributed by atoms with Crippen molar-refractivity contribution in [3.8, 4) is 0 Å². The van der Waals surface area contributed by atoms with Crippen LogP contribution in [0.15, 0.2) is 52.2 Å². The van der Waals surface area contributed by atoms with Gasteiger partial charge in [-0.2, -0.15) is 13.2 Å². The van der Waals surface area contributed by atoms with E-state index in [9.17, 15) is 18.0 Å². The molecule has 180 valence electrons. The fraction of sp³-hybridized carbons (Fsp3) is 0.304. The minimum Gasteiger partial charge on any atom is -0.368 e. The van der Waals surface area contributed by atoms with Gasteiger partial charge >= 0.3 is 6.18 Å². The average Bonchev–Trinajstić information content (AvgIpc) is 3.25. The van der Waals surface area contributed by atoms with Gasteiger partial charge in [0.25, 0.3) is 0 Å². The zero-order valence-electron chi connectivity index (χ0n) is 17.8. The lowest BCUT2D eigenvalue weighted by atomic mass is 10.1. The quantitative estimate of drug-likeness (QED) is 0.325. The van der Waals surface area contributed by atoms with Crippen molar-refractivity contribution in [3.63, 3.8) is 0 Å². The SMILES string of the molecule is O=C(Cc1csc(SCc2ccc(Cl)cc2Cl)n1)N1CCN(c2cccc(C(F)(F)F)c2)CC1. The van der Waals surface area contributed by atoms with Crippen LogP contribution in [0.2, 0.25) is 10.0 Å². The molecule has 0 atom stereocenters. The van der Waals surface area contributed by atoms with Gasteiger partial charge in [-0.1, -0.05) is 47.1 Å². The Morgan fingerprint density at radius 2 is 1.85 bits per heavy atom.